The zero-order valence-electron chi connectivity index (χ0n) is 14.5. The van der Waals surface area contributed by atoms with Gasteiger partial charge >= 0.3 is 0 Å². The fraction of sp³-hybridized carbons (Fsp3) is 0.318. The highest BCUT2D eigenvalue weighted by molar-refractivity contribution is 5.78. The fourth-order valence-electron chi connectivity index (χ4n) is 2.93. The molecule has 0 atom stereocenters. The summed E-state index contributed by atoms with van der Waals surface area (Å²) in [4.78, 5) is 4.65. The standard InChI is InChI=1S/C22H25NO2/c24-15-6-2-1-3-8-18-9-7-11-21(16-18)25-17-20-14-13-19-10-4-5-12-22(19)23-20/h4-5,7,9-14,16,24H,1-3,6,8,15,17H2. The largest absolute Gasteiger partial charge is 0.487 e. The number of rotatable bonds is 9. The molecule has 3 aromatic rings. The molecule has 0 spiro atoms. The minimum absolute atomic E-state index is 0.298. The number of benzene rings is 2. The van der Waals surface area contributed by atoms with Crippen molar-refractivity contribution in [3.63, 3.8) is 0 Å². The molecule has 130 valence electrons. The molecule has 1 aromatic heterocycles. The normalized spacial score (nSPS) is 10.9. The number of pyridine rings is 1. The molecule has 0 aliphatic rings. The van der Waals surface area contributed by atoms with E-state index in [-0.39, 0.29) is 0 Å². The van der Waals surface area contributed by atoms with Crippen LogP contribution in [-0.2, 0) is 13.0 Å². The van der Waals surface area contributed by atoms with Gasteiger partial charge in [-0.1, -0.05) is 49.2 Å². The van der Waals surface area contributed by atoms with Crippen LogP contribution in [0.5, 0.6) is 5.75 Å². The fourth-order valence-corrected chi connectivity index (χ4v) is 2.93. The molecule has 3 nitrogen and oxygen atoms in total. The van der Waals surface area contributed by atoms with E-state index in [0.29, 0.717) is 13.2 Å². The van der Waals surface area contributed by atoms with Crippen molar-refractivity contribution in [1.29, 1.82) is 0 Å². The number of hydrogen-bond acceptors (Lipinski definition) is 3. The summed E-state index contributed by atoms with van der Waals surface area (Å²) in [6.07, 6.45) is 5.36. The first kappa shape index (κ1) is 17.4. The van der Waals surface area contributed by atoms with E-state index < -0.39 is 0 Å². The van der Waals surface area contributed by atoms with Crippen LogP contribution in [0, 0.1) is 0 Å². The molecule has 2 aromatic carbocycles. The Morgan fingerprint density at radius 3 is 2.64 bits per heavy atom. The summed E-state index contributed by atoms with van der Waals surface area (Å²) in [5, 5.41) is 9.96. The van der Waals surface area contributed by atoms with Crippen LogP contribution < -0.4 is 4.74 Å². The van der Waals surface area contributed by atoms with Crippen LogP contribution in [0.25, 0.3) is 10.9 Å². The van der Waals surface area contributed by atoms with Crippen LogP contribution in [-0.4, -0.2) is 16.7 Å². The van der Waals surface area contributed by atoms with Crippen molar-refractivity contribution in [2.45, 2.75) is 38.7 Å². The summed E-state index contributed by atoms with van der Waals surface area (Å²) in [6.45, 7) is 0.775. The molecular weight excluding hydrogens is 310 g/mol. The molecular formula is C22H25NO2. The summed E-state index contributed by atoms with van der Waals surface area (Å²) in [7, 11) is 0. The van der Waals surface area contributed by atoms with Crippen molar-refractivity contribution in [2.75, 3.05) is 6.61 Å². The van der Waals surface area contributed by atoms with Crippen LogP contribution >= 0.6 is 0 Å². The molecule has 0 unspecified atom stereocenters. The van der Waals surface area contributed by atoms with Gasteiger partial charge in [-0.2, -0.15) is 0 Å². The van der Waals surface area contributed by atoms with Gasteiger partial charge in [0.2, 0.25) is 0 Å². The third-order valence-electron chi connectivity index (χ3n) is 4.31. The third-order valence-corrected chi connectivity index (χ3v) is 4.31. The lowest BCUT2D eigenvalue weighted by Gasteiger charge is -2.09. The van der Waals surface area contributed by atoms with E-state index >= 15 is 0 Å². The maximum Gasteiger partial charge on any atom is 0.130 e. The Labute approximate surface area is 149 Å². The topological polar surface area (TPSA) is 42.4 Å². The van der Waals surface area contributed by atoms with Gasteiger partial charge in [0, 0.05) is 12.0 Å². The second-order valence-electron chi connectivity index (χ2n) is 6.32. The number of para-hydroxylation sites is 1. The number of hydrogen-bond donors (Lipinski definition) is 1. The average Bonchev–Trinajstić information content (AvgIpc) is 2.66. The van der Waals surface area contributed by atoms with E-state index in [4.69, 9.17) is 9.84 Å². The minimum Gasteiger partial charge on any atom is -0.487 e. The maximum absolute atomic E-state index is 8.81. The number of unbranched alkanes of at least 4 members (excludes halogenated alkanes) is 3. The van der Waals surface area contributed by atoms with Crippen LogP contribution in [0.4, 0.5) is 0 Å². The monoisotopic (exact) mass is 335 g/mol. The summed E-state index contributed by atoms with van der Waals surface area (Å²) in [6, 6.07) is 20.5. The number of aliphatic hydroxyl groups excluding tert-OH is 1. The Morgan fingerprint density at radius 2 is 1.72 bits per heavy atom. The molecule has 1 N–H and O–H groups in total. The summed E-state index contributed by atoms with van der Waals surface area (Å²) in [5.74, 6) is 0.891. The van der Waals surface area contributed by atoms with E-state index in [1.807, 2.05) is 36.4 Å². The molecule has 3 heteroatoms. The van der Waals surface area contributed by atoms with Gasteiger partial charge in [-0.05, 0) is 49.1 Å². The smallest absolute Gasteiger partial charge is 0.130 e. The average molecular weight is 335 g/mol. The first-order chi connectivity index (χ1) is 12.3. The summed E-state index contributed by atoms with van der Waals surface area (Å²) >= 11 is 0. The lowest BCUT2D eigenvalue weighted by atomic mass is 10.1. The van der Waals surface area contributed by atoms with Crippen molar-refractivity contribution in [2.24, 2.45) is 0 Å². The molecule has 0 saturated heterocycles. The maximum atomic E-state index is 8.81. The van der Waals surface area contributed by atoms with Gasteiger partial charge < -0.3 is 9.84 Å². The summed E-state index contributed by atoms with van der Waals surface area (Å²) < 4.78 is 5.93. The molecule has 0 aliphatic heterocycles. The molecule has 0 bridgehead atoms. The highest BCUT2D eigenvalue weighted by Crippen LogP contribution is 2.18. The predicted octanol–water partition coefficient (Wildman–Crippen LogP) is 4.91. The van der Waals surface area contributed by atoms with Gasteiger partial charge in [0.15, 0.2) is 0 Å². The molecule has 0 radical (unpaired) electrons. The second kappa shape index (κ2) is 9.19. The number of aryl methyl sites for hydroxylation is 1. The predicted molar refractivity (Wildman–Crippen MR) is 102 cm³/mol. The van der Waals surface area contributed by atoms with Gasteiger partial charge in [-0.25, -0.2) is 4.98 Å². The van der Waals surface area contributed by atoms with Crippen LogP contribution in [0.3, 0.4) is 0 Å². The van der Waals surface area contributed by atoms with Crippen molar-refractivity contribution < 1.29 is 9.84 Å². The zero-order valence-corrected chi connectivity index (χ0v) is 14.5. The molecule has 1 heterocycles. The number of aromatic nitrogens is 1. The van der Waals surface area contributed by atoms with Gasteiger partial charge in [0.05, 0.1) is 11.2 Å². The molecule has 0 fully saturated rings. The van der Waals surface area contributed by atoms with Crippen molar-refractivity contribution in [3.8, 4) is 5.75 Å². The van der Waals surface area contributed by atoms with E-state index in [9.17, 15) is 0 Å². The van der Waals surface area contributed by atoms with Crippen LogP contribution in [0.2, 0.25) is 0 Å². The van der Waals surface area contributed by atoms with Gasteiger partial charge in [-0.3, -0.25) is 0 Å². The van der Waals surface area contributed by atoms with Crippen LogP contribution in [0.1, 0.15) is 36.9 Å². The highest BCUT2D eigenvalue weighted by atomic mass is 16.5. The Kier molecular flexibility index (Phi) is 6.41. The summed E-state index contributed by atoms with van der Waals surface area (Å²) in [5.41, 5.74) is 3.24. The number of nitrogens with zero attached hydrogens (tertiary/aromatic N) is 1. The molecule has 25 heavy (non-hydrogen) atoms. The first-order valence-electron chi connectivity index (χ1n) is 9.02. The Bertz CT molecular complexity index is 801. The van der Waals surface area contributed by atoms with E-state index in [2.05, 4.69) is 29.2 Å². The molecule has 0 amide bonds. The van der Waals surface area contributed by atoms with Gasteiger partial charge in [0.1, 0.15) is 12.4 Å². The van der Waals surface area contributed by atoms with Crippen LogP contribution in [0.15, 0.2) is 60.7 Å². The SMILES string of the molecule is OCCCCCCc1cccc(OCc2ccc3ccccc3n2)c1. The zero-order chi connectivity index (χ0) is 17.3. The van der Waals surface area contributed by atoms with E-state index in [1.54, 1.807) is 0 Å². The molecule has 0 aliphatic carbocycles. The highest BCUT2D eigenvalue weighted by Gasteiger charge is 2.01. The van der Waals surface area contributed by atoms with Crippen molar-refractivity contribution >= 4 is 10.9 Å². The molecule has 3 rings (SSSR count). The van der Waals surface area contributed by atoms with Crippen molar-refractivity contribution in [1.82, 2.24) is 4.98 Å². The first-order valence-corrected chi connectivity index (χ1v) is 9.02. The quantitative estimate of drug-likeness (QED) is 0.565. The van der Waals surface area contributed by atoms with E-state index in [1.165, 1.54) is 5.56 Å². The number of fused-ring (bicyclic) bond motifs is 1. The molecule has 0 saturated carbocycles. The Balaban J connectivity index is 1.54. The lowest BCUT2D eigenvalue weighted by Crippen LogP contribution is -1.99. The lowest BCUT2D eigenvalue weighted by molar-refractivity contribution is 0.282. The van der Waals surface area contributed by atoms with Gasteiger partial charge in [-0.15, -0.1) is 0 Å². The van der Waals surface area contributed by atoms with E-state index in [0.717, 1.165) is 54.5 Å². The number of ether oxygens (including phenoxy) is 1. The minimum atomic E-state index is 0.298. The second-order valence-corrected chi connectivity index (χ2v) is 6.32. The number of aliphatic hydroxyl groups is 1. The Morgan fingerprint density at radius 1 is 0.840 bits per heavy atom. The van der Waals surface area contributed by atoms with Gasteiger partial charge in [0.25, 0.3) is 0 Å². The van der Waals surface area contributed by atoms with Crippen molar-refractivity contribution in [3.05, 3.63) is 71.9 Å². The Hall–Kier alpha value is -2.39. The third kappa shape index (κ3) is 5.30.